The van der Waals surface area contributed by atoms with Crippen LogP contribution in [-0.4, -0.2) is 35.8 Å². The molecule has 0 N–H and O–H groups in total. The maximum atomic E-state index is 13.6. The third-order valence-electron chi connectivity index (χ3n) is 3.58. The highest BCUT2D eigenvalue weighted by Gasteiger charge is 2.34. The highest BCUT2D eigenvalue weighted by atomic mass is 35.5. The van der Waals surface area contributed by atoms with E-state index in [1.807, 2.05) is 0 Å². The van der Waals surface area contributed by atoms with E-state index in [4.69, 9.17) is 16.3 Å². The van der Waals surface area contributed by atoms with E-state index in [0.29, 0.717) is 11.1 Å². The summed E-state index contributed by atoms with van der Waals surface area (Å²) in [5, 5.41) is 0.162. The molecule has 0 aliphatic carbocycles. The Labute approximate surface area is 141 Å². The fraction of sp³-hybridized carbons (Fsp3) is 0.118. The molecule has 0 saturated carbocycles. The maximum absolute atomic E-state index is 13.6. The third kappa shape index (κ3) is 2.88. The number of esters is 1. The van der Waals surface area contributed by atoms with Gasteiger partial charge in [0.05, 0.1) is 23.2 Å². The molecule has 3 rings (SSSR count). The second kappa shape index (κ2) is 6.41. The van der Waals surface area contributed by atoms with Gasteiger partial charge in [-0.1, -0.05) is 23.7 Å². The molecule has 122 valence electrons. The monoisotopic (exact) mass is 347 g/mol. The molecular formula is C17H11ClFNO4. The van der Waals surface area contributed by atoms with Crippen LogP contribution in [0.2, 0.25) is 5.02 Å². The number of hydrogen-bond acceptors (Lipinski definition) is 4. The van der Waals surface area contributed by atoms with E-state index >= 15 is 0 Å². The van der Waals surface area contributed by atoms with Crippen LogP contribution in [0.3, 0.4) is 0 Å². The number of amides is 2. The van der Waals surface area contributed by atoms with Crippen molar-refractivity contribution in [2.45, 2.75) is 0 Å². The SMILES string of the molecule is O=C(OCCN1C(=O)c2ccccc2C1=O)c1ccc(Cl)cc1F. The van der Waals surface area contributed by atoms with Gasteiger partial charge >= 0.3 is 5.97 Å². The molecule has 1 aliphatic rings. The minimum absolute atomic E-state index is 0.104. The number of nitrogens with zero attached hydrogens (tertiary/aromatic N) is 1. The van der Waals surface area contributed by atoms with Gasteiger partial charge in [0.25, 0.3) is 11.8 Å². The maximum Gasteiger partial charge on any atom is 0.341 e. The molecule has 0 unspecified atom stereocenters. The second-order valence-electron chi connectivity index (χ2n) is 5.07. The van der Waals surface area contributed by atoms with Crippen molar-refractivity contribution in [1.82, 2.24) is 4.90 Å². The Kier molecular flexibility index (Phi) is 4.31. The number of halogens is 2. The van der Waals surface area contributed by atoms with Crippen LogP contribution in [0.5, 0.6) is 0 Å². The number of imide groups is 1. The summed E-state index contributed by atoms with van der Waals surface area (Å²) in [6.45, 7) is -0.334. The first-order valence-corrected chi connectivity index (χ1v) is 7.44. The average molecular weight is 348 g/mol. The van der Waals surface area contributed by atoms with Gasteiger partial charge in [0.2, 0.25) is 0 Å². The molecule has 0 aromatic heterocycles. The van der Waals surface area contributed by atoms with Gasteiger partial charge in [-0.05, 0) is 30.3 Å². The molecule has 1 aliphatic heterocycles. The van der Waals surface area contributed by atoms with Crippen molar-refractivity contribution < 1.29 is 23.5 Å². The van der Waals surface area contributed by atoms with Crippen LogP contribution in [-0.2, 0) is 4.74 Å². The van der Waals surface area contributed by atoms with Crippen molar-refractivity contribution in [1.29, 1.82) is 0 Å². The van der Waals surface area contributed by atoms with Crippen molar-refractivity contribution in [2.75, 3.05) is 13.2 Å². The Hall–Kier alpha value is -2.73. The third-order valence-corrected chi connectivity index (χ3v) is 3.81. The summed E-state index contributed by atoms with van der Waals surface area (Å²) >= 11 is 5.61. The van der Waals surface area contributed by atoms with Crippen molar-refractivity contribution in [3.63, 3.8) is 0 Å². The largest absolute Gasteiger partial charge is 0.460 e. The minimum Gasteiger partial charge on any atom is -0.460 e. The molecule has 0 saturated heterocycles. The molecule has 0 fully saturated rings. The van der Waals surface area contributed by atoms with Crippen LogP contribution < -0.4 is 0 Å². The topological polar surface area (TPSA) is 63.7 Å². The van der Waals surface area contributed by atoms with Crippen LogP contribution in [0.1, 0.15) is 31.1 Å². The van der Waals surface area contributed by atoms with Crippen molar-refractivity contribution in [3.05, 3.63) is 70.0 Å². The highest BCUT2D eigenvalue weighted by Crippen LogP contribution is 2.22. The first kappa shape index (κ1) is 16.1. The number of hydrogen-bond donors (Lipinski definition) is 0. The molecule has 5 nitrogen and oxygen atoms in total. The first-order valence-electron chi connectivity index (χ1n) is 7.06. The molecule has 24 heavy (non-hydrogen) atoms. The number of ether oxygens (including phenoxy) is 1. The predicted molar refractivity (Wildman–Crippen MR) is 83.5 cm³/mol. The number of fused-ring (bicyclic) bond motifs is 1. The van der Waals surface area contributed by atoms with Crippen LogP contribution in [0, 0.1) is 5.82 Å². The summed E-state index contributed by atoms with van der Waals surface area (Å²) in [7, 11) is 0. The summed E-state index contributed by atoms with van der Waals surface area (Å²) in [5.41, 5.74) is 0.372. The number of carbonyl (C=O) groups excluding carboxylic acids is 3. The zero-order chi connectivity index (χ0) is 17.3. The molecule has 7 heteroatoms. The van der Waals surface area contributed by atoms with Gasteiger partial charge in [-0.25, -0.2) is 9.18 Å². The molecule has 0 spiro atoms. The van der Waals surface area contributed by atoms with Crippen LogP contribution in [0.15, 0.2) is 42.5 Å². The lowest BCUT2D eigenvalue weighted by atomic mass is 10.1. The van der Waals surface area contributed by atoms with E-state index < -0.39 is 23.6 Å². The highest BCUT2D eigenvalue weighted by molar-refractivity contribution is 6.30. The first-order chi connectivity index (χ1) is 11.5. The normalized spacial score (nSPS) is 13.2. The summed E-state index contributed by atoms with van der Waals surface area (Å²) in [6.07, 6.45) is 0. The predicted octanol–water partition coefficient (Wildman–Crippen LogP) is 2.93. The molecule has 0 radical (unpaired) electrons. The van der Waals surface area contributed by atoms with E-state index in [0.717, 1.165) is 11.0 Å². The Morgan fingerprint density at radius 2 is 1.71 bits per heavy atom. The van der Waals surface area contributed by atoms with Crippen molar-refractivity contribution in [2.24, 2.45) is 0 Å². The fourth-order valence-electron chi connectivity index (χ4n) is 2.40. The van der Waals surface area contributed by atoms with Gasteiger partial charge in [-0.15, -0.1) is 0 Å². The lowest BCUT2D eigenvalue weighted by Crippen LogP contribution is -2.33. The molecule has 2 amide bonds. The molecule has 2 aromatic rings. The molecule has 1 heterocycles. The molecule has 0 atom stereocenters. The Bertz CT molecular complexity index is 817. The zero-order valence-corrected chi connectivity index (χ0v) is 13.0. The van der Waals surface area contributed by atoms with Crippen molar-refractivity contribution in [3.8, 4) is 0 Å². The van der Waals surface area contributed by atoms with E-state index in [2.05, 4.69) is 0 Å². The quantitative estimate of drug-likeness (QED) is 0.630. The Morgan fingerprint density at radius 3 is 2.29 bits per heavy atom. The van der Waals surface area contributed by atoms with Gasteiger partial charge in [-0.2, -0.15) is 0 Å². The summed E-state index contributed by atoms with van der Waals surface area (Å²) in [5.74, 6) is -2.57. The van der Waals surface area contributed by atoms with Gasteiger partial charge in [0, 0.05) is 5.02 Å². The van der Waals surface area contributed by atoms with E-state index in [-0.39, 0.29) is 23.7 Å². The van der Waals surface area contributed by atoms with E-state index in [1.54, 1.807) is 24.3 Å². The lowest BCUT2D eigenvalue weighted by Gasteiger charge is -2.13. The summed E-state index contributed by atoms with van der Waals surface area (Å²) in [6, 6.07) is 10.0. The molecule has 0 bridgehead atoms. The number of benzene rings is 2. The minimum atomic E-state index is -0.888. The number of rotatable bonds is 4. The van der Waals surface area contributed by atoms with Crippen LogP contribution >= 0.6 is 11.6 Å². The fourth-order valence-corrected chi connectivity index (χ4v) is 2.56. The van der Waals surface area contributed by atoms with E-state index in [1.165, 1.54) is 12.1 Å². The van der Waals surface area contributed by atoms with Crippen LogP contribution in [0.4, 0.5) is 4.39 Å². The summed E-state index contributed by atoms with van der Waals surface area (Å²) < 4.78 is 18.6. The Morgan fingerprint density at radius 1 is 1.08 bits per heavy atom. The number of carbonyl (C=O) groups is 3. The molecule has 2 aromatic carbocycles. The van der Waals surface area contributed by atoms with Gasteiger partial charge in [-0.3, -0.25) is 14.5 Å². The average Bonchev–Trinajstić information content (AvgIpc) is 2.80. The van der Waals surface area contributed by atoms with Crippen LogP contribution in [0.25, 0.3) is 0 Å². The Balaban J connectivity index is 1.62. The second-order valence-corrected chi connectivity index (χ2v) is 5.50. The zero-order valence-electron chi connectivity index (χ0n) is 12.3. The molecular weight excluding hydrogens is 337 g/mol. The summed E-state index contributed by atoms with van der Waals surface area (Å²) in [4.78, 5) is 37.1. The lowest BCUT2D eigenvalue weighted by molar-refractivity contribution is 0.0416. The smallest absolute Gasteiger partial charge is 0.341 e. The van der Waals surface area contributed by atoms with Gasteiger partial charge < -0.3 is 4.74 Å². The van der Waals surface area contributed by atoms with Gasteiger partial charge in [0.15, 0.2) is 0 Å². The standard InChI is InChI=1S/C17H11ClFNO4/c18-10-5-6-13(14(19)9-10)17(23)24-8-7-20-15(21)11-3-1-2-4-12(11)16(20)22/h1-6,9H,7-8H2. The van der Waals surface area contributed by atoms with E-state index in [9.17, 15) is 18.8 Å². The van der Waals surface area contributed by atoms with Crippen molar-refractivity contribution >= 4 is 29.4 Å². The van der Waals surface area contributed by atoms with Gasteiger partial charge in [0.1, 0.15) is 12.4 Å².